The third-order valence-corrected chi connectivity index (χ3v) is 1.67. The molecule has 1 atom stereocenters. The van der Waals surface area contributed by atoms with E-state index in [1.807, 2.05) is 7.05 Å². The fraction of sp³-hybridized carbons (Fsp3) is 0.750. The van der Waals surface area contributed by atoms with Gasteiger partial charge in [0.25, 0.3) is 0 Å². The highest BCUT2D eigenvalue weighted by molar-refractivity contribution is 4.90. The van der Waals surface area contributed by atoms with Crippen LogP contribution in [0.25, 0.3) is 0 Å². The lowest BCUT2D eigenvalue weighted by atomic mass is 10.0. The molecule has 4 nitrogen and oxygen atoms in total. The van der Waals surface area contributed by atoms with Crippen LogP contribution in [-0.4, -0.2) is 14.8 Å². The smallest absolute Gasteiger partial charge is 0.167 e. The normalized spacial score (nSPS) is 13.8. The van der Waals surface area contributed by atoms with Gasteiger partial charge in [0.1, 0.15) is 6.33 Å². The van der Waals surface area contributed by atoms with E-state index in [9.17, 15) is 0 Å². The van der Waals surface area contributed by atoms with Crippen LogP contribution in [-0.2, 0) is 7.05 Å². The quantitative estimate of drug-likeness (QED) is 0.728. The first-order valence-corrected chi connectivity index (χ1v) is 4.20. The Labute approximate surface area is 72.8 Å². The Balaban J connectivity index is 2.58. The van der Waals surface area contributed by atoms with Crippen molar-refractivity contribution < 1.29 is 0 Å². The zero-order chi connectivity index (χ0) is 9.14. The third-order valence-electron chi connectivity index (χ3n) is 1.67. The largest absolute Gasteiger partial charge is 0.321 e. The molecule has 0 aliphatic rings. The van der Waals surface area contributed by atoms with Crippen LogP contribution in [0.1, 0.15) is 32.1 Å². The summed E-state index contributed by atoms with van der Waals surface area (Å²) >= 11 is 0. The predicted molar refractivity (Wildman–Crippen MR) is 47.4 cm³/mol. The maximum Gasteiger partial charge on any atom is 0.167 e. The molecule has 1 heterocycles. The lowest BCUT2D eigenvalue weighted by molar-refractivity contribution is 0.491. The average molecular weight is 168 g/mol. The first-order valence-electron chi connectivity index (χ1n) is 4.20. The minimum absolute atomic E-state index is 0.0220. The minimum Gasteiger partial charge on any atom is -0.321 e. The van der Waals surface area contributed by atoms with Crippen molar-refractivity contribution >= 4 is 0 Å². The van der Waals surface area contributed by atoms with Gasteiger partial charge in [-0.25, -0.2) is 4.98 Å². The second-order valence-electron chi connectivity index (χ2n) is 3.51. The van der Waals surface area contributed by atoms with Crippen LogP contribution in [0, 0.1) is 5.92 Å². The van der Waals surface area contributed by atoms with Gasteiger partial charge in [-0.3, -0.25) is 4.68 Å². The number of aryl methyl sites for hydroxylation is 1. The fourth-order valence-electron chi connectivity index (χ4n) is 1.14. The van der Waals surface area contributed by atoms with Crippen molar-refractivity contribution in [3.63, 3.8) is 0 Å². The Bertz CT molecular complexity index is 241. The predicted octanol–water partition coefficient (Wildman–Crippen LogP) is 0.861. The van der Waals surface area contributed by atoms with Gasteiger partial charge in [-0.1, -0.05) is 13.8 Å². The van der Waals surface area contributed by atoms with Crippen LogP contribution in [0.2, 0.25) is 0 Å². The third kappa shape index (κ3) is 2.30. The molecule has 0 radical (unpaired) electrons. The zero-order valence-electron chi connectivity index (χ0n) is 7.86. The number of hydrogen-bond acceptors (Lipinski definition) is 3. The molecule has 0 saturated heterocycles. The number of hydrogen-bond donors (Lipinski definition) is 1. The van der Waals surface area contributed by atoms with Crippen molar-refractivity contribution in [2.24, 2.45) is 18.7 Å². The monoisotopic (exact) mass is 168 g/mol. The van der Waals surface area contributed by atoms with E-state index in [2.05, 4.69) is 23.9 Å². The molecule has 0 aliphatic heterocycles. The number of rotatable bonds is 3. The van der Waals surface area contributed by atoms with Gasteiger partial charge in [0.05, 0.1) is 6.04 Å². The summed E-state index contributed by atoms with van der Waals surface area (Å²) in [7, 11) is 1.85. The lowest BCUT2D eigenvalue weighted by Crippen LogP contribution is -2.14. The second-order valence-corrected chi connectivity index (χ2v) is 3.51. The summed E-state index contributed by atoms with van der Waals surface area (Å²) in [6, 6.07) is -0.0220. The van der Waals surface area contributed by atoms with Gasteiger partial charge in [0, 0.05) is 7.05 Å². The molecule has 68 valence electrons. The number of aromatic nitrogens is 3. The summed E-state index contributed by atoms with van der Waals surface area (Å²) in [6.07, 6.45) is 2.61. The highest BCUT2D eigenvalue weighted by Crippen LogP contribution is 2.13. The van der Waals surface area contributed by atoms with Gasteiger partial charge < -0.3 is 5.73 Å². The van der Waals surface area contributed by atoms with Gasteiger partial charge >= 0.3 is 0 Å². The van der Waals surface area contributed by atoms with E-state index in [0.717, 1.165) is 12.2 Å². The van der Waals surface area contributed by atoms with Crippen molar-refractivity contribution in [3.05, 3.63) is 12.2 Å². The molecule has 4 heteroatoms. The maximum absolute atomic E-state index is 5.87. The molecule has 1 aromatic heterocycles. The van der Waals surface area contributed by atoms with E-state index >= 15 is 0 Å². The fourth-order valence-corrected chi connectivity index (χ4v) is 1.14. The summed E-state index contributed by atoms with van der Waals surface area (Å²) < 4.78 is 1.68. The summed E-state index contributed by atoms with van der Waals surface area (Å²) in [4.78, 5) is 4.10. The second kappa shape index (κ2) is 3.67. The van der Waals surface area contributed by atoms with E-state index in [-0.39, 0.29) is 6.04 Å². The summed E-state index contributed by atoms with van der Waals surface area (Å²) in [6.45, 7) is 4.28. The van der Waals surface area contributed by atoms with Crippen LogP contribution in [0.5, 0.6) is 0 Å². The Hall–Kier alpha value is -0.900. The minimum atomic E-state index is -0.0220. The van der Waals surface area contributed by atoms with Crippen LogP contribution in [0.3, 0.4) is 0 Å². The Morgan fingerprint density at radius 3 is 2.67 bits per heavy atom. The highest BCUT2D eigenvalue weighted by atomic mass is 15.3. The Morgan fingerprint density at radius 1 is 1.58 bits per heavy atom. The SMILES string of the molecule is CC(C)CC(N)c1ncn(C)n1. The van der Waals surface area contributed by atoms with Gasteiger partial charge in [0.15, 0.2) is 5.82 Å². The van der Waals surface area contributed by atoms with Crippen LogP contribution in [0.4, 0.5) is 0 Å². The van der Waals surface area contributed by atoms with Crippen molar-refractivity contribution in [1.82, 2.24) is 14.8 Å². The van der Waals surface area contributed by atoms with Gasteiger partial charge in [-0.05, 0) is 12.3 Å². The van der Waals surface area contributed by atoms with E-state index in [4.69, 9.17) is 5.73 Å². The van der Waals surface area contributed by atoms with Crippen molar-refractivity contribution in [2.45, 2.75) is 26.3 Å². The lowest BCUT2D eigenvalue weighted by Gasteiger charge is -2.09. The Kier molecular flexibility index (Phi) is 2.81. The van der Waals surface area contributed by atoms with Crippen LogP contribution in [0.15, 0.2) is 6.33 Å². The molecule has 0 fully saturated rings. The summed E-state index contributed by atoms with van der Waals surface area (Å²) in [5.74, 6) is 1.33. The van der Waals surface area contributed by atoms with E-state index in [0.29, 0.717) is 5.92 Å². The molecule has 0 bridgehead atoms. The zero-order valence-corrected chi connectivity index (χ0v) is 7.86. The van der Waals surface area contributed by atoms with Gasteiger partial charge in [-0.15, -0.1) is 0 Å². The molecule has 0 spiro atoms. The number of nitrogens with zero attached hydrogens (tertiary/aromatic N) is 3. The van der Waals surface area contributed by atoms with E-state index in [1.165, 1.54) is 0 Å². The van der Waals surface area contributed by atoms with Crippen LogP contribution < -0.4 is 5.73 Å². The molecular formula is C8H16N4. The van der Waals surface area contributed by atoms with Crippen molar-refractivity contribution in [1.29, 1.82) is 0 Å². The number of nitrogens with two attached hydrogens (primary N) is 1. The van der Waals surface area contributed by atoms with Crippen molar-refractivity contribution in [2.75, 3.05) is 0 Å². The van der Waals surface area contributed by atoms with Crippen LogP contribution >= 0.6 is 0 Å². The highest BCUT2D eigenvalue weighted by Gasteiger charge is 2.11. The molecule has 2 N–H and O–H groups in total. The average Bonchev–Trinajstić information content (AvgIpc) is 2.34. The molecule has 0 amide bonds. The summed E-state index contributed by atoms with van der Waals surface area (Å²) in [5.41, 5.74) is 5.87. The summed E-state index contributed by atoms with van der Waals surface area (Å²) in [5, 5.41) is 4.14. The van der Waals surface area contributed by atoms with Gasteiger partial charge in [-0.2, -0.15) is 5.10 Å². The molecule has 0 saturated carbocycles. The molecule has 1 aromatic rings. The first kappa shape index (κ1) is 9.19. The van der Waals surface area contributed by atoms with Crippen molar-refractivity contribution in [3.8, 4) is 0 Å². The molecule has 12 heavy (non-hydrogen) atoms. The van der Waals surface area contributed by atoms with E-state index < -0.39 is 0 Å². The molecular weight excluding hydrogens is 152 g/mol. The standard InChI is InChI=1S/C8H16N4/c1-6(2)4-7(9)8-10-5-12(3)11-8/h5-7H,4,9H2,1-3H3. The Morgan fingerprint density at radius 2 is 2.25 bits per heavy atom. The molecule has 0 aromatic carbocycles. The molecule has 1 unspecified atom stereocenters. The molecule has 1 rings (SSSR count). The van der Waals surface area contributed by atoms with Gasteiger partial charge in [0.2, 0.25) is 0 Å². The van der Waals surface area contributed by atoms with E-state index in [1.54, 1.807) is 11.0 Å². The molecule has 0 aliphatic carbocycles. The maximum atomic E-state index is 5.87. The topological polar surface area (TPSA) is 56.7 Å². The first-order chi connectivity index (χ1) is 5.59.